The van der Waals surface area contributed by atoms with Gasteiger partial charge < -0.3 is 5.32 Å². The van der Waals surface area contributed by atoms with Gasteiger partial charge in [0, 0.05) is 18.7 Å². The van der Waals surface area contributed by atoms with Crippen LogP contribution in [0.5, 0.6) is 0 Å². The number of nitrogens with one attached hydrogen (secondary N) is 1. The van der Waals surface area contributed by atoms with Gasteiger partial charge >= 0.3 is 0 Å². The molecule has 27 heavy (non-hydrogen) atoms. The first kappa shape index (κ1) is 20.1. The summed E-state index contributed by atoms with van der Waals surface area (Å²) in [6, 6.07) is 9.54. The number of carbonyl (C=O) groups excluding carboxylic acids is 1. The van der Waals surface area contributed by atoms with E-state index in [4.69, 9.17) is 23.2 Å². The van der Waals surface area contributed by atoms with Gasteiger partial charge in [-0.25, -0.2) is 8.42 Å². The van der Waals surface area contributed by atoms with E-state index in [1.54, 1.807) is 37.3 Å². The maximum absolute atomic E-state index is 12.9. The van der Waals surface area contributed by atoms with Crippen LogP contribution in [0.1, 0.15) is 35.2 Å². The van der Waals surface area contributed by atoms with Crippen molar-refractivity contribution in [1.82, 2.24) is 4.31 Å². The maximum Gasteiger partial charge on any atom is 0.256 e. The first-order chi connectivity index (χ1) is 12.8. The minimum atomic E-state index is -3.62. The largest absolute Gasteiger partial charge is 0.321 e. The Balaban J connectivity index is 1.91. The van der Waals surface area contributed by atoms with E-state index in [9.17, 15) is 13.2 Å². The number of hydrogen-bond acceptors (Lipinski definition) is 3. The fourth-order valence-electron chi connectivity index (χ4n) is 3.05. The van der Waals surface area contributed by atoms with Crippen LogP contribution in [0, 0.1) is 6.92 Å². The van der Waals surface area contributed by atoms with Crippen LogP contribution < -0.4 is 5.32 Å². The molecule has 2 aromatic carbocycles. The lowest BCUT2D eigenvalue weighted by molar-refractivity contribution is 0.102. The van der Waals surface area contributed by atoms with Crippen LogP contribution in [0.15, 0.2) is 41.3 Å². The third-order valence-corrected chi connectivity index (χ3v) is 7.32. The molecule has 8 heteroatoms. The third kappa shape index (κ3) is 4.29. The molecule has 5 nitrogen and oxygen atoms in total. The first-order valence-electron chi connectivity index (χ1n) is 8.67. The summed E-state index contributed by atoms with van der Waals surface area (Å²) in [5, 5.41) is 3.27. The van der Waals surface area contributed by atoms with Crippen LogP contribution in [0.3, 0.4) is 0 Å². The number of hydrogen-bond donors (Lipinski definition) is 1. The van der Waals surface area contributed by atoms with Crippen LogP contribution in [0.4, 0.5) is 5.69 Å². The lowest BCUT2D eigenvalue weighted by atomic mass is 10.1. The molecule has 2 aromatic rings. The number of nitrogens with zero attached hydrogens (tertiary/aromatic N) is 1. The van der Waals surface area contributed by atoms with E-state index in [0.717, 1.165) is 19.3 Å². The van der Waals surface area contributed by atoms with Crippen molar-refractivity contribution < 1.29 is 13.2 Å². The normalized spacial score (nSPS) is 15.5. The Bertz CT molecular complexity index is 971. The summed E-state index contributed by atoms with van der Waals surface area (Å²) in [5.74, 6) is -0.438. The Kier molecular flexibility index (Phi) is 6.11. The third-order valence-electron chi connectivity index (χ3n) is 4.61. The minimum absolute atomic E-state index is 0.123. The molecule has 1 amide bonds. The van der Waals surface area contributed by atoms with Crippen molar-refractivity contribution in [3.05, 3.63) is 57.6 Å². The summed E-state index contributed by atoms with van der Waals surface area (Å²) in [6.07, 6.45) is 2.74. The zero-order valence-corrected chi connectivity index (χ0v) is 17.2. The number of benzene rings is 2. The Hall–Kier alpha value is -1.60. The van der Waals surface area contributed by atoms with Gasteiger partial charge in [0.25, 0.3) is 5.91 Å². The van der Waals surface area contributed by atoms with Crippen LogP contribution in [0.25, 0.3) is 0 Å². The highest BCUT2D eigenvalue weighted by Crippen LogP contribution is 2.30. The molecule has 0 radical (unpaired) electrons. The number of halogens is 2. The molecule has 1 heterocycles. The number of aryl methyl sites for hydroxylation is 1. The molecular formula is C19H20Cl2N2O3S. The SMILES string of the molecule is Cc1ccc(S(=O)(=O)N2CCCCC2)cc1C(=O)Nc1cccc(Cl)c1Cl. The highest BCUT2D eigenvalue weighted by molar-refractivity contribution is 7.89. The van der Waals surface area contributed by atoms with E-state index < -0.39 is 15.9 Å². The molecule has 144 valence electrons. The molecule has 1 fully saturated rings. The number of sulfonamides is 1. The van der Waals surface area contributed by atoms with E-state index in [-0.39, 0.29) is 15.5 Å². The predicted molar refractivity (Wildman–Crippen MR) is 108 cm³/mol. The minimum Gasteiger partial charge on any atom is -0.321 e. The summed E-state index contributed by atoms with van der Waals surface area (Å²) in [7, 11) is -3.62. The molecule has 0 aliphatic carbocycles. The molecule has 1 saturated heterocycles. The highest BCUT2D eigenvalue weighted by Gasteiger charge is 2.27. The molecule has 1 aliphatic heterocycles. The van der Waals surface area contributed by atoms with Crippen molar-refractivity contribution in [3.63, 3.8) is 0 Å². The topological polar surface area (TPSA) is 66.5 Å². The van der Waals surface area contributed by atoms with Crippen molar-refractivity contribution in [3.8, 4) is 0 Å². The van der Waals surface area contributed by atoms with Crippen molar-refractivity contribution in [2.24, 2.45) is 0 Å². The summed E-state index contributed by atoms with van der Waals surface area (Å²) >= 11 is 12.1. The van der Waals surface area contributed by atoms with Gasteiger partial charge in [0.1, 0.15) is 0 Å². The molecule has 3 rings (SSSR count). The Labute approximate surface area is 169 Å². The van der Waals surface area contributed by atoms with Crippen LogP contribution in [-0.2, 0) is 10.0 Å². The van der Waals surface area contributed by atoms with Crippen molar-refractivity contribution in [2.45, 2.75) is 31.1 Å². The lowest BCUT2D eigenvalue weighted by Gasteiger charge is -2.26. The van der Waals surface area contributed by atoms with Crippen molar-refractivity contribution in [2.75, 3.05) is 18.4 Å². The molecule has 0 atom stereocenters. The standard InChI is InChI=1S/C19H20Cl2N2O3S/c1-13-8-9-14(27(25,26)23-10-3-2-4-11-23)12-15(13)19(24)22-17-7-5-6-16(20)18(17)21/h5-9,12H,2-4,10-11H2,1H3,(H,22,24). The summed E-state index contributed by atoms with van der Waals surface area (Å²) in [5.41, 5.74) is 1.32. The predicted octanol–water partition coefficient (Wildman–Crippen LogP) is 4.73. The second-order valence-electron chi connectivity index (χ2n) is 6.50. The maximum atomic E-state index is 12.9. The first-order valence-corrected chi connectivity index (χ1v) is 10.9. The average Bonchev–Trinajstić information content (AvgIpc) is 2.66. The quantitative estimate of drug-likeness (QED) is 0.767. The second kappa shape index (κ2) is 8.19. The van der Waals surface area contributed by atoms with Gasteiger partial charge in [-0.3, -0.25) is 4.79 Å². The van der Waals surface area contributed by atoms with Gasteiger partial charge in [-0.2, -0.15) is 4.31 Å². The molecule has 0 bridgehead atoms. The molecule has 0 spiro atoms. The zero-order chi connectivity index (χ0) is 19.6. The van der Waals surface area contributed by atoms with Crippen LogP contribution >= 0.6 is 23.2 Å². The molecule has 1 N–H and O–H groups in total. The van der Waals surface area contributed by atoms with Gasteiger partial charge in [-0.1, -0.05) is 41.8 Å². The highest BCUT2D eigenvalue weighted by atomic mass is 35.5. The second-order valence-corrected chi connectivity index (χ2v) is 9.22. The summed E-state index contributed by atoms with van der Waals surface area (Å²) < 4.78 is 27.3. The van der Waals surface area contributed by atoms with Crippen LogP contribution in [0.2, 0.25) is 10.0 Å². The fourth-order valence-corrected chi connectivity index (χ4v) is 4.94. The van der Waals surface area contributed by atoms with Gasteiger partial charge in [-0.15, -0.1) is 0 Å². The Morgan fingerprint density at radius 2 is 1.78 bits per heavy atom. The zero-order valence-electron chi connectivity index (χ0n) is 14.8. The number of amides is 1. The van der Waals surface area contributed by atoms with Gasteiger partial charge in [0.2, 0.25) is 10.0 Å². The Morgan fingerprint density at radius 3 is 2.48 bits per heavy atom. The molecule has 0 saturated carbocycles. The number of carbonyl (C=O) groups is 1. The molecular weight excluding hydrogens is 407 g/mol. The van der Waals surface area contributed by atoms with Gasteiger partial charge in [0.05, 0.1) is 20.6 Å². The van der Waals surface area contributed by atoms with Crippen molar-refractivity contribution >= 4 is 44.8 Å². The van der Waals surface area contributed by atoms with E-state index in [0.29, 0.717) is 29.4 Å². The summed E-state index contributed by atoms with van der Waals surface area (Å²) in [6.45, 7) is 2.78. The Morgan fingerprint density at radius 1 is 1.07 bits per heavy atom. The van der Waals surface area contributed by atoms with Gasteiger partial charge in [-0.05, 0) is 49.6 Å². The van der Waals surface area contributed by atoms with E-state index >= 15 is 0 Å². The van der Waals surface area contributed by atoms with E-state index in [1.807, 2.05) is 0 Å². The molecule has 0 unspecified atom stereocenters. The van der Waals surface area contributed by atoms with Crippen LogP contribution in [-0.4, -0.2) is 31.7 Å². The number of piperidine rings is 1. The lowest BCUT2D eigenvalue weighted by Crippen LogP contribution is -2.35. The fraction of sp³-hybridized carbons (Fsp3) is 0.316. The van der Waals surface area contributed by atoms with E-state index in [1.165, 1.54) is 10.4 Å². The monoisotopic (exact) mass is 426 g/mol. The average molecular weight is 427 g/mol. The molecule has 1 aliphatic rings. The van der Waals surface area contributed by atoms with Crippen molar-refractivity contribution in [1.29, 1.82) is 0 Å². The molecule has 0 aromatic heterocycles. The number of rotatable bonds is 4. The smallest absolute Gasteiger partial charge is 0.256 e. The summed E-state index contributed by atoms with van der Waals surface area (Å²) in [4.78, 5) is 12.9. The van der Waals surface area contributed by atoms with Gasteiger partial charge in [0.15, 0.2) is 0 Å². The van der Waals surface area contributed by atoms with E-state index in [2.05, 4.69) is 5.32 Å². The number of anilines is 1.